The maximum absolute atomic E-state index is 13.6. The number of carboxylic acids is 1. The summed E-state index contributed by atoms with van der Waals surface area (Å²) in [5, 5.41) is 18.2. The monoisotopic (exact) mass is 510 g/mol. The van der Waals surface area contributed by atoms with Gasteiger partial charge in [0.2, 0.25) is 0 Å². The average molecular weight is 511 g/mol. The molecule has 1 aliphatic carbocycles. The Balaban J connectivity index is 0.000000384. The second kappa shape index (κ2) is 8.97. The Kier molecular flexibility index (Phi) is 6.56. The van der Waals surface area contributed by atoms with Crippen LogP contribution in [0.1, 0.15) is 76.6 Å². The van der Waals surface area contributed by atoms with Crippen LogP contribution in [0.3, 0.4) is 0 Å². The zero-order valence-corrected chi connectivity index (χ0v) is 20.9. The normalized spacial score (nSPS) is 26.6. The summed E-state index contributed by atoms with van der Waals surface area (Å²) < 4.78 is 38.1. The van der Waals surface area contributed by atoms with Crippen LogP contribution in [-0.4, -0.2) is 57.4 Å². The van der Waals surface area contributed by atoms with Gasteiger partial charge in [-0.05, 0) is 49.6 Å². The molecule has 3 heterocycles. The van der Waals surface area contributed by atoms with Crippen molar-refractivity contribution in [3.63, 3.8) is 0 Å². The van der Waals surface area contributed by atoms with Crippen LogP contribution < -0.4 is 0 Å². The fourth-order valence-corrected chi connectivity index (χ4v) is 6.40. The van der Waals surface area contributed by atoms with Crippen LogP contribution in [-0.2, 0) is 14.3 Å². The third-order valence-corrected chi connectivity index (χ3v) is 7.88. The van der Waals surface area contributed by atoms with Gasteiger partial charge in [-0.2, -0.15) is 13.2 Å². The maximum atomic E-state index is 13.6. The van der Waals surface area contributed by atoms with E-state index < -0.39 is 12.1 Å². The van der Waals surface area contributed by atoms with Gasteiger partial charge >= 0.3 is 18.1 Å². The highest BCUT2D eigenvalue weighted by Gasteiger charge is 2.50. The number of esters is 1. The van der Waals surface area contributed by atoms with Gasteiger partial charge < -0.3 is 19.9 Å². The Labute approximate surface area is 207 Å². The number of ether oxygens (including phenoxy) is 1. The first kappa shape index (κ1) is 26.3. The van der Waals surface area contributed by atoms with Crippen molar-refractivity contribution in [1.82, 2.24) is 9.88 Å². The Morgan fingerprint density at radius 2 is 1.75 bits per heavy atom. The number of fused-ring (bicyclic) bond motifs is 6. The summed E-state index contributed by atoms with van der Waals surface area (Å²) in [5.74, 6) is -2.21. The highest BCUT2D eigenvalue weighted by molar-refractivity contribution is 5.90. The number of alkyl halides is 3. The predicted molar refractivity (Wildman–Crippen MR) is 127 cm³/mol. The summed E-state index contributed by atoms with van der Waals surface area (Å²) in [4.78, 5) is 28.3. The van der Waals surface area contributed by atoms with Crippen molar-refractivity contribution < 1.29 is 37.7 Å². The molecule has 10 heteroatoms. The number of halogens is 3. The van der Waals surface area contributed by atoms with Gasteiger partial charge in [-0.1, -0.05) is 34.1 Å². The largest absolute Gasteiger partial charge is 0.508 e. The van der Waals surface area contributed by atoms with Gasteiger partial charge in [0.15, 0.2) is 0 Å². The smallest absolute Gasteiger partial charge is 0.490 e. The summed E-state index contributed by atoms with van der Waals surface area (Å²) in [6, 6.07) is 5.05. The number of carboxylic acid groups (broad SMARTS) is 1. The molecular formula is C26H33F3N2O5. The number of rotatable bonds is 2. The number of hydrogen-bond donors (Lipinski definition) is 3. The second-order valence-corrected chi connectivity index (χ2v) is 11.5. The van der Waals surface area contributed by atoms with Crippen molar-refractivity contribution >= 4 is 22.8 Å². The lowest BCUT2D eigenvalue weighted by molar-refractivity contribution is -0.192. The number of aromatic amines is 1. The minimum Gasteiger partial charge on any atom is -0.508 e. The number of carbonyl (C=O) groups is 2. The molecule has 198 valence electrons. The van der Waals surface area contributed by atoms with E-state index in [1.54, 1.807) is 6.07 Å². The molecule has 0 amide bonds. The number of nitrogens with zero attached hydrogens (tertiary/aromatic N) is 1. The molecule has 3 N–H and O–H groups in total. The molecular weight excluding hydrogens is 477 g/mol. The third-order valence-electron chi connectivity index (χ3n) is 7.88. The summed E-state index contributed by atoms with van der Waals surface area (Å²) in [5.41, 5.74) is 3.12. The number of phenolic OH excluding ortho intramolecular Hbond substituents is 1. The molecule has 3 unspecified atom stereocenters. The van der Waals surface area contributed by atoms with Gasteiger partial charge in [-0.15, -0.1) is 0 Å². The Bertz CT molecular complexity index is 1150. The third kappa shape index (κ3) is 4.79. The van der Waals surface area contributed by atoms with Gasteiger partial charge in [0.1, 0.15) is 17.9 Å². The lowest BCUT2D eigenvalue weighted by atomic mass is 9.63. The van der Waals surface area contributed by atoms with Crippen molar-refractivity contribution in [1.29, 1.82) is 0 Å². The van der Waals surface area contributed by atoms with E-state index in [1.165, 1.54) is 12.0 Å². The fourth-order valence-electron chi connectivity index (χ4n) is 6.40. The van der Waals surface area contributed by atoms with E-state index in [9.17, 15) is 23.1 Å². The number of aromatic hydroxyl groups is 1. The zero-order chi connectivity index (χ0) is 26.6. The van der Waals surface area contributed by atoms with Crippen LogP contribution in [0.25, 0.3) is 10.9 Å². The van der Waals surface area contributed by atoms with E-state index in [2.05, 4.69) is 37.6 Å². The quantitative estimate of drug-likeness (QED) is 0.461. The number of benzene rings is 1. The SMILES string of the molecule is CC1(C)CCCC(C)(C)C1OC(=O)C1c2[nH]c3ccc(O)cc3c2C2CCN1C2.O=C(O)C(F)(F)F. The number of H-pyrrole nitrogens is 1. The Morgan fingerprint density at radius 1 is 1.14 bits per heavy atom. The van der Waals surface area contributed by atoms with Crippen LogP contribution >= 0.6 is 0 Å². The van der Waals surface area contributed by atoms with E-state index in [0.29, 0.717) is 5.92 Å². The van der Waals surface area contributed by atoms with Crippen LogP contribution in [0.4, 0.5) is 13.2 Å². The van der Waals surface area contributed by atoms with E-state index in [1.807, 2.05) is 12.1 Å². The van der Waals surface area contributed by atoms with Crippen LogP contribution in [0.15, 0.2) is 18.2 Å². The molecule has 2 fully saturated rings. The molecule has 1 aromatic heterocycles. The van der Waals surface area contributed by atoms with Crippen LogP contribution in [0.5, 0.6) is 5.75 Å². The molecule has 5 rings (SSSR count). The number of aliphatic carboxylic acids is 1. The van der Waals surface area contributed by atoms with Crippen molar-refractivity contribution in [3.8, 4) is 5.75 Å². The Hall–Kier alpha value is -2.75. The number of nitrogens with one attached hydrogen (secondary N) is 1. The molecule has 7 nitrogen and oxygen atoms in total. The fraction of sp³-hybridized carbons (Fsp3) is 0.615. The van der Waals surface area contributed by atoms with E-state index in [4.69, 9.17) is 14.6 Å². The van der Waals surface area contributed by atoms with Gasteiger partial charge in [0.25, 0.3) is 0 Å². The minimum atomic E-state index is -5.08. The zero-order valence-electron chi connectivity index (χ0n) is 20.9. The molecule has 0 spiro atoms. The van der Waals surface area contributed by atoms with Gasteiger partial charge in [-0.25, -0.2) is 9.59 Å². The minimum absolute atomic E-state index is 0.0192. The number of phenols is 1. The highest BCUT2D eigenvalue weighted by atomic mass is 19.4. The highest BCUT2D eigenvalue weighted by Crippen LogP contribution is 2.50. The summed E-state index contributed by atoms with van der Waals surface area (Å²) in [6.07, 6.45) is -0.780. The molecule has 3 atom stereocenters. The summed E-state index contributed by atoms with van der Waals surface area (Å²) in [6.45, 7) is 10.7. The molecule has 2 aromatic rings. The van der Waals surface area contributed by atoms with Gasteiger partial charge in [0.05, 0.1) is 0 Å². The first-order valence-corrected chi connectivity index (χ1v) is 12.2. The first-order chi connectivity index (χ1) is 16.6. The van der Waals surface area contributed by atoms with E-state index in [-0.39, 0.29) is 34.7 Å². The van der Waals surface area contributed by atoms with E-state index >= 15 is 0 Å². The molecule has 36 heavy (non-hydrogen) atoms. The first-order valence-electron chi connectivity index (χ1n) is 12.2. The van der Waals surface area contributed by atoms with Gasteiger partial charge in [-0.3, -0.25) is 4.90 Å². The van der Waals surface area contributed by atoms with Crippen molar-refractivity contribution in [3.05, 3.63) is 29.5 Å². The molecule has 0 radical (unpaired) electrons. The van der Waals surface area contributed by atoms with Crippen molar-refractivity contribution in [2.24, 2.45) is 10.8 Å². The maximum Gasteiger partial charge on any atom is 0.490 e. The van der Waals surface area contributed by atoms with Crippen LogP contribution in [0, 0.1) is 10.8 Å². The number of carbonyl (C=O) groups excluding carboxylic acids is 1. The average Bonchev–Trinajstić information content (AvgIpc) is 3.32. The standard InChI is InChI=1S/C24H32N2O3.C2HF3O2/c1-23(2)9-5-10-24(3,4)22(23)29-21(28)20-19-18(14-8-11-26(20)13-14)16-12-15(27)6-7-17(16)25-19;3-2(4,5)1(6)7/h6-7,12,14,20,22,25,27H,5,8-11,13H2,1-4H3;(H,6,7). The Morgan fingerprint density at radius 3 is 2.33 bits per heavy atom. The van der Waals surface area contributed by atoms with E-state index in [0.717, 1.165) is 48.9 Å². The molecule has 1 saturated carbocycles. The second-order valence-electron chi connectivity index (χ2n) is 11.5. The number of aromatic nitrogens is 1. The summed E-state index contributed by atoms with van der Waals surface area (Å²) in [7, 11) is 0. The molecule has 2 aliphatic heterocycles. The summed E-state index contributed by atoms with van der Waals surface area (Å²) >= 11 is 0. The van der Waals surface area contributed by atoms with Gasteiger partial charge in [0, 0.05) is 39.9 Å². The lowest BCUT2D eigenvalue weighted by Crippen LogP contribution is -2.50. The molecule has 2 bridgehead atoms. The molecule has 1 saturated heterocycles. The number of hydrogen-bond acceptors (Lipinski definition) is 5. The van der Waals surface area contributed by atoms with Crippen molar-refractivity contribution in [2.45, 2.75) is 77.6 Å². The predicted octanol–water partition coefficient (Wildman–Crippen LogP) is 5.50. The topological polar surface area (TPSA) is 103 Å². The molecule has 1 aromatic carbocycles. The lowest BCUT2D eigenvalue weighted by Gasteiger charge is -2.48. The van der Waals surface area contributed by atoms with Crippen LogP contribution in [0.2, 0.25) is 0 Å². The van der Waals surface area contributed by atoms with Crippen molar-refractivity contribution in [2.75, 3.05) is 13.1 Å². The molecule has 3 aliphatic rings.